The van der Waals surface area contributed by atoms with E-state index in [1.54, 1.807) is 43.6 Å². The molecule has 2 aromatic carbocycles. The van der Waals surface area contributed by atoms with Crippen molar-refractivity contribution in [2.24, 2.45) is 0 Å². The highest BCUT2D eigenvalue weighted by Gasteiger charge is 2.12. The molecule has 112 valence electrons. The fourth-order valence-corrected chi connectivity index (χ4v) is 2.41. The topological polar surface area (TPSA) is 71.6 Å². The number of aromatic hydroxyl groups is 1. The molecule has 0 saturated heterocycles. The minimum absolute atomic E-state index is 0.106. The second-order valence-corrected chi connectivity index (χ2v) is 4.83. The van der Waals surface area contributed by atoms with Crippen LogP contribution >= 0.6 is 0 Å². The lowest BCUT2D eigenvalue weighted by Crippen LogP contribution is -2.06. The average Bonchev–Trinajstić information content (AvgIpc) is 2.55. The summed E-state index contributed by atoms with van der Waals surface area (Å²) in [7, 11) is 3.09. The van der Waals surface area contributed by atoms with Crippen molar-refractivity contribution in [1.29, 1.82) is 0 Å². The number of aromatic amines is 1. The van der Waals surface area contributed by atoms with E-state index < -0.39 is 0 Å². The molecule has 22 heavy (non-hydrogen) atoms. The van der Waals surface area contributed by atoms with Crippen LogP contribution in [0.4, 0.5) is 0 Å². The number of phenols is 1. The van der Waals surface area contributed by atoms with E-state index in [4.69, 9.17) is 9.47 Å². The monoisotopic (exact) mass is 297 g/mol. The third-order valence-corrected chi connectivity index (χ3v) is 3.57. The number of aromatic nitrogens is 1. The van der Waals surface area contributed by atoms with Crippen LogP contribution in [0.1, 0.15) is 0 Å². The van der Waals surface area contributed by atoms with Gasteiger partial charge in [-0.1, -0.05) is 12.1 Å². The van der Waals surface area contributed by atoms with Gasteiger partial charge in [0.2, 0.25) is 5.43 Å². The highest BCUT2D eigenvalue weighted by molar-refractivity contribution is 5.89. The Morgan fingerprint density at radius 2 is 1.68 bits per heavy atom. The molecule has 0 aliphatic carbocycles. The Balaban J connectivity index is 2.21. The van der Waals surface area contributed by atoms with Crippen LogP contribution in [0.5, 0.6) is 17.2 Å². The van der Waals surface area contributed by atoms with Crippen LogP contribution in [0, 0.1) is 0 Å². The maximum absolute atomic E-state index is 12.7. The van der Waals surface area contributed by atoms with Gasteiger partial charge in [-0.05, 0) is 17.7 Å². The zero-order valence-electron chi connectivity index (χ0n) is 12.2. The molecule has 0 aliphatic heterocycles. The molecule has 5 heteroatoms. The van der Waals surface area contributed by atoms with Crippen molar-refractivity contribution >= 4 is 10.9 Å². The number of methoxy groups -OCH3 is 2. The van der Waals surface area contributed by atoms with Crippen molar-refractivity contribution in [3.8, 4) is 28.4 Å². The number of benzene rings is 2. The van der Waals surface area contributed by atoms with Gasteiger partial charge in [-0.25, -0.2) is 0 Å². The van der Waals surface area contributed by atoms with E-state index in [-0.39, 0.29) is 16.6 Å². The number of hydrogen-bond acceptors (Lipinski definition) is 4. The van der Waals surface area contributed by atoms with Crippen LogP contribution < -0.4 is 14.9 Å². The first-order chi connectivity index (χ1) is 10.6. The third-order valence-electron chi connectivity index (χ3n) is 3.57. The summed E-state index contributed by atoms with van der Waals surface area (Å²) in [4.78, 5) is 15.7. The largest absolute Gasteiger partial charge is 0.507 e. The Bertz CT molecular complexity index is 882. The van der Waals surface area contributed by atoms with E-state index in [9.17, 15) is 9.90 Å². The van der Waals surface area contributed by atoms with E-state index in [1.165, 1.54) is 13.2 Å². The molecular weight excluding hydrogens is 282 g/mol. The van der Waals surface area contributed by atoms with E-state index in [1.807, 2.05) is 0 Å². The van der Waals surface area contributed by atoms with Gasteiger partial charge in [-0.2, -0.15) is 0 Å². The summed E-state index contributed by atoms with van der Waals surface area (Å²) >= 11 is 0. The Kier molecular flexibility index (Phi) is 3.47. The van der Waals surface area contributed by atoms with Gasteiger partial charge < -0.3 is 19.6 Å². The number of pyridine rings is 1. The molecule has 0 radical (unpaired) electrons. The number of ether oxygens (including phenoxy) is 2. The molecule has 0 saturated carbocycles. The first kappa shape index (κ1) is 14.0. The van der Waals surface area contributed by atoms with Crippen molar-refractivity contribution in [3.05, 3.63) is 52.8 Å². The second kappa shape index (κ2) is 5.44. The molecule has 5 nitrogen and oxygen atoms in total. The maximum Gasteiger partial charge on any atom is 0.200 e. The van der Waals surface area contributed by atoms with Crippen LogP contribution in [0.15, 0.2) is 47.4 Å². The predicted octanol–water partition coefficient (Wildman–Crippen LogP) is 2.92. The first-order valence-corrected chi connectivity index (χ1v) is 6.71. The Labute approximate surface area is 126 Å². The molecule has 0 atom stereocenters. The molecule has 0 amide bonds. The van der Waals surface area contributed by atoms with Crippen LogP contribution in [-0.4, -0.2) is 24.3 Å². The lowest BCUT2D eigenvalue weighted by Gasteiger charge is -2.08. The van der Waals surface area contributed by atoms with Crippen molar-refractivity contribution in [1.82, 2.24) is 4.98 Å². The minimum Gasteiger partial charge on any atom is -0.507 e. The molecule has 0 spiro atoms. The lowest BCUT2D eigenvalue weighted by molar-refractivity contribution is 0.409. The molecule has 0 aliphatic rings. The Hall–Kier alpha value is -2.95. The predicted molar refractivity (Wildman–Crippen MR) is 84.8 cm³/mol. The molecular formula is C17H15NO4. The number of phenolic OH excluding ortho intramolecular Hbond substituents is 1. The third kappa shape index (κ3) is 2.26. The van der Waals surface area contributed by atoms with Gasteiger partial charge in [0.1, 0.15) is 17.2 Å². The van der Waals surface area contributed by atoms with Crippen LogP contribution in [0.25, 0.3) is 22.0 Å². The zero-order valence-corrected chi connectivity index (χ0v) is 12.2. The quantitative estimate of drug-likeness (QED) is 0.779. The number of rotatable bonds is 3. The highest BCUT2D eigenvalue weighted by Crippen LogP contribution is 2.29. The van der Waals surface area contributed by atoms with Gasteiger partial charge >= 0.3 is 0 Å². The number of nitrogens with one attached hydrogen (secondary N) is 1. The lowest BCUT2D eigenvalue weighted by atomic mass is 10.0. The van der Waals surface area contributed by atoms with Crippen LogP contribution in [0.3, 0.4) is 0 Å². The molecule has 1 aromatic heterocycles. The molecule has 0 unspecified atom stereocenters. The van der Waals surface area contributed by atoms with Crippen LogP contribution in [-0.2, 0) is 0 Å². The first-order valence-electron chi connectivity index (χ1n) is 6.71. The number of fused-ring (bicyclic) bond motifs is 1. The van der Waals surface area contributed by atoms with Gasteiger partial charge in [0, 0.05) is 23.9 Å². The summed E-state index contributed by atoms with van der Waals surface area (Å²) in [5.74, 6) is 1.09. The SMILES string of the molecule is COc1ccc(-c2c[nH]c3cc(OC)cc(O)c3c2=O)cc1. The molecule has 3 aromatic rings. The Morgan fingerprint density at radius 1 is 1.00 bits per heavy atom. The van der Waals surface area contributed by atoms with Gasteiger partial charge in [-0.15, -0.1) is 0 Å². The molecule has 1 heterocycles. The summed E-state index contributed by atoms with van der Waals surface area (Å²) in [6.45, 7) is 0. The standard InChI is InChI=1S/C17H15NO4/c1-21-11-5-3-10(4-6-11)13-9-18-14-7-12(22-2)8-15(19)16(14)17(13)20/h3-9,19H,1-2H3,(H,18,20). The molecule has 0 bridgehead atoms. The highest BCUT2D eigenvalue weighted by atomic mass is 16.5. The summed E-state index contributed by atoms with van der Waals surface area (Å²) in [6, 6.07) is 10.3. The smallest absolute Gasteiger partial charge is 0.200 e. The second-order valence-electron chi connectivity index (χ2n) is 4.83. The van der Waals surface area contributed by atoms with Crippen LogP contribution in [0.2, 0.25) is 0 Å². The minimum atomic E-state index is -0.237. The van der Waals surface area contributed by atoms with Gasteiger partial charge in [-0.3, -0.25) is 4.79 Å². The zero-order chi connectivity index (χ0) is 15.7. The molecule has 3 rings (SSSR count). The van der Waals surface area contributed by atoms with E-state index in [2.05, 4.69) is 4.98 Å². The summed E-state index contributed by atoms with van der Waals surface area (Å²) in [5.41, 5.74) is 1.52. The summed E-state index contributed by atoms with van der Waals surface area (Å²) in [6.07, 6.45) is 1.63. The average molecular weight is 297 g/mol. The van der Waals surface area contributed by atoms with Gasteiger partial charge in [0.25, 0.3) is 0 Å². The fourth-order valence-electron chi connectivity index (χ4n) is 2.41. The fraction of sp³-hybridized carbons (Fsp3) is 0.118. The summed E-state index contributed by atoms with van der Waals surface area (Å²) in [5, 5.41) is 10.3. The normalized spacial score (nSPS) is 10.6. The van der Waals surface area contributed by atoms with Gasteiger partial charge in [0.05, 0.1) is 25.1 Å². The van der Waals surface area contributed by atoms with Crippen molar-refractivity contribution in [2.75, 3.05) is 14.2 Å². The number of H-pyrrole nitrogens is 1. The molecule has 0 fully saturated rings. The van der Waals surface area contributed by atoms with Gasteiger partial charge in [0.15, 0.2) is 0 Å². The van der Waals surface area contributed by atoms with E-state index in [0.29, 0.717) is 22.6 Å². The Morgan fingerprint density at radius 3 is 2.32 bits per heavy atom. The number of hydrogen-bond donors (Lipinski definition) is 2. The molecule has 2 N–H and O–H groups in total. The van der Waals surface area contributed by atoms with Crippen molar-refractivity contribution < 1.29 is 14.6 Å². The maximum atomic E-state index is 12.7. The van der Waals surface area contributed by atoms with E-state index in [0.717, 1.165) is 5.56 Å². The van der Waals surface area contributed by atoms with Crippen molar-refractivity contribution in [2.45, 2.75) is 0 Å². The van der Waals surface area contributed by atoms with E-state index >= 15 is 0 Å². The van der Waals surface area contributed by atoms with Crippen molar-refractivity contribution in [3.63, 3.8) is 0 Å². The summed E-state index contributed by atoms with van der Waals surface area (Å²) < 4.78 is 10.2.